The third-order valence-electron chi connectivity index (χ3n) is 2.47. The van der Waals surface area contributed by atoms with E-state index in [1.54, 1.807) is 0 Å². The van der Waals surface area contributed by atoms with Gasteiger partial charge >= 0.3 is 0 Å². The highest BCUT2D eigenvalue weighted by atomic mass is 79.9. The number of rotatable bonds is 6. The molecule has 0 amide bonds. The Kier molecular flexibility index (Phi) is 5.77. The van der Waals surface area contributed by atoms with Crippen molar-refractivity contribution < 1.29 is 0 Å². The van der Waals surface area contributed by atoms with Crippen LogP contribution in [0.5, 0.6) is 0 Å². The fourth-order valence-corrected chi connectivity index (χ4v) is 2.30. The second-order valence-corrected chi connectivity index (χ2v) is 4.74. The Morgan fingerprint density at radius 2 is 2.31 bits per heavy atom. The fraction of sp³-hybridized carbons (Fsp3) is 0.583. The SMILES string of the molecule is CCCNCC/C=C(/C)c1c(Br)cnn1C. The molecule has 0 aliphatic heterocycles. The van der Waals surface area contributed by atoms with Crippen molar-refractivity contribution >= 4 is 21.5 Å². The van der Waals surface area contributed by atoms with E-state index in [9.17, 15) is 0 Å². The molecule has 1 aromatic heterocycles. The fourth-order valence-electron chi connectivity index (χ4n) is 1.64. The first kappa shape index (κ1) is 13.5. The van der Waals surface area contributed by atoms with Gasteiger partial charge < -0.3 is 5.32 Å². The average Bonchev–Trinajstić information content (AvgIpc) is 2.58. The number of aromatic nitrogens is 2. The smallest absolute Gasteiger partial charge is 0.0774 e. The molecule has 0 unspecified atom stereocenters. The molecule has 3 nitrogen and oxygen atoms in total. The van der Waals surface area contributed by atoms with E-state index in [0.717, 1.165) is 29.7 Å². The van der Waals surface area contributed by atoms with Crippen LogP contribution >= 0.6 is 15.9 Å². The van der Waals surface area contributed by atoms with Crippen molar-refractivity contribution in [2.45, 2.75) is 26.7 Å². The van der Waals surface area contributed by atoms with Crippen LogP contribution in [-0.4, -0.2) is 22.9 Å². The number of nitrogens with zero attached hydrogens (tertiary/aromatic N) is 2. The van der Waals surface area contributed by atoms with E-state index in [4.69, 9.17) is 0 Å². The summed E-state index contributed by atoms with van der Waals surface area (Å²) in [7, 11) is 1.97. The third kappa shape index (κ3) is 3.76. The van der Waals surface area contributed by atoms with Gasteiger partial charge in [0, 0.05) is 7.05 Å². The lowest BCUT2D eigenvalue weighted by molar-refractivity contribution is 0.678. The van der Waals surface area contributed by atoms with Crippen molar-refractivity contribution in [2.75, 3.05) is 13.1 Å². The lowest BCUT2D eigenvalue weighted by Gasteiger charge is -2.04. The summed E-state index contributed by atoms with van der Waals surface area (Å²) in [5.74, 6) is 0. The Balaban J connectivity index is 2.50. The summed E-state index contributed by atoms with van der Waals surface area (Å²) in [5.41, 5.74) is 2.43. The minimum absolute atomic E-state index is 1.04. The van der Waals surface area contributed by atoms with Crippen LogP contribution in [0.25, 0.3) is 5.57 Å². The molecule has 90 valence electrons. The number of hydrogen-bond acceptors (Lipinski definition) is 2. The van der Waals surface area contributed by atoms with Crippen molar-refractivity contribution in [1.82, 2.24) is 15.1 Å². The summed E-state index contributed by atoms with van der Waals surface area (Å²) < 4.78 is 2.96. The molecule has 0 spiro atoms. The molecule has 0 aliphatic carbocycles. The summed E-state index contributed by atoms with van der Waals surface area (Å²) in [4.78, 5) is 0. The Morgan fingerprint density at radius 1 is 1.56 bits per heavy atom. The first-order valence-corrected chi connectivity index (χ1v) is 6.51. The Labute approximate surface area is 106 Å². The number of halogens is 1. The van der Waals surface area contributed by atoms with Gasteiger partial charge in [-0.3, -0.25) is 4.68 Å². The highest BCUT2D eigenvalue weighted by molar-refractivity contribution is 9.10. The maximum Gasteiger partial charge on any atom is 0.0774 e. The van der Waals surface area contributed by atoms with Crippen LogP contribution in [0.15, 0.2) is 16.7 Å². The molecule has 0 aromatic carbocycles. The molecule has 0 saturated carbocycles. The van der Waals surface area contributed by atoms with Crippen LogP contribution in [-0.2, 0) is 7.05 Å². The maximum atomic E-state index is 4.21. The number of aryl methyl sites for hydroxylation is 1. The van der Waals surface area contributed by atoms with Crippen molar-refractivity contribution in [3.63, 3.8) is 0 Å². The van der Waals surface area contributed by atoms with Crippen LogP contribution < -0.4 is 5.32 Å². The molecule has 1 heterocycles. The Morgan fingerprint density at radius 3 is 2.88 bits per heavy atom. The summed E-state index contributed by atoms with van der Waals surface area (Å²) >= 11 is 3.51. The minimum Gasteiger partial charge on any atom is -0.316 e. The van der Waals surface area contributed by atoms with E-state index >= 15 is 0 Å². The highest BCUT2D eigenvalue weighted by Gasteiger charge is 2.06. The maximum absolute atomic E-state index is 4.21. The third-order valence-corrected chi connectivity index (χ3v) is 3.05. The number of allylic oxidation sites excluding steroid dienone is 1. The molecule has 0 radical (unpaired) electrons. The lowest BCUT2D eigenvalue weighted by Crippen LogP contribution is -2.15. The molecular formula is C12H20BrN3. The highest BCUT2D eigenvalue weighted by Crippen LogP contribution is 2.23. The van der Waals surface area contributed by atoms with Crippen molar-refractivity contribution in [3.05, 3.63) is 22.4 Å². The first-order chi connectivity index (χ1) is 7.66. The first-order valence-electron chi connectivity index (χ1n) is 5.72. The van der Waals surface area contributed by atoms with Gasteiger partial charge in [0.15, 0.2) is 0 Å². The predicted molar refractivity (Wildman–Crippen MR) is 72.3 cm³/mol. The van der Waals surface area contributed by atoms with E-state index in [1.165, 1.54) is 12.0 Å². The molecule has 1 N–H and O–H groups in total. The summed E-state index contributed by atoms with van der Waals surface area (Å²) in [6, 6.07) is 0. The Hall–Kier alpha value is -0.610. The van der Waals surface area contributed by atoms with Gasteiger partial charge in [0.25, 0.3) is 0 Å². The zero-order valence-electron chi connectivity index (χ0n) is 10.3. The molecule has 0 bridgehead atoms. The van der Waals surface area contributed by atoms with Gasteiger partial charge in [-0.15, -0.1) is 0 Å². The summed E-state index contributed by atoms with van der Waals surface area (Å²) in [5, 5.41) is 7.59. The van der Waals surface area contributed by atoms with Gasteiger partial charge in [-0.05, 0) is 54.4 Å². The van der Waals surface area contributed by atoms with Gasteiger partial charge in [-0.2, -0.15) is 5.10 Å². The molecular weight excluding hydrogens is 266 g/mol. The van der Waals surface area contributed by atoms with E-state index in [2.05, 4.69) is 46.3 Å². The topological polar surface area (TPSA) is 29.9 Å². The summed E-state index contributed by atoms with van der Waals surface area (Å²) in [6.07, 6.45) is 6.34. The largest absolute Gasteiger partial charge is 0.316 e. The monoisotopic (exact) mass is 285 g/mol. The lowest BCUT2D eigenvalue weighted by atomic mass is 10.2. The van der Waals surface area contributed by atoms with Crippen molar-refractivity contribution in [2.24, 2.45) is 7.05 Å². The standard InChI is InChI=1S/C12H20BrN3/c1-4-7-14-8-5-6-10(2)12-11(13)9-15-16(12)3/h6,9,14H,4-5,7-8H2,1-3H3/b10-6-. The molecule has 1 aromatic rings. The van der Waals surface area contributed by atoms with Gasteiger partial charge in [0.2, 0.25) is 0 Å². The second kappa shape index (κ2) is 6.86. The van der Waals surface area contributed by atoms with Crippen LogP contribution in [0.3, 0.4) is 0 Å². The molecule has 1 rings (SSSR count). The van der Waals surface area contributed by atoms with Gasteiger partial charge in [0.1, 0.15) is 0 Å². The second-order valence-electron chi connectivity index (χ2n) is 3.89. The average molecular weight is 286 g/mol. The normalized spacial score (nSPS) is 12.1. The van der Waals surface area contributed by atoms with Gasteiger partial charge in [-0.1, -0.05) is 13.0 Å². The predicted octanol–water partition coefficient (Wildman–Crippen LogP) is 2.98. The van der Waals surface area contributed by atoms with E-state index < -0.39 is 0 Å². The molecule has 0 atom stereocenters. The minimum atomic E-state index is 1.04. The molecule has 0 saturated heterocycles. The molecule has 0 aliphatic rings. The van der Waals surface area contributed by atoms with E-state index in [-0.39, 0.29) is 0 Å². The van der Waals surface area contributed by atoms with Crippen LogP contribution in [0.4, 0.5) is 0 Å². The number of nitrogens with one attached hydrogen (secondary N) is 1. The van der Waals surface area contributed by atoms with Gasteiger partial charge in [0.05, 0.1) is 16.4 Å². The zero-order valence-corrected chi connectivity index (χ0v) is 11.8. The zero-order chi connectivity index (χ0) is 12.0. The quantitative estimate of drug-likeness (QED) is 0.815. The van der Waals surface area contributed by atoms with E-state index in [0.29, 0.717) is 0 Å². The van der Waals surface area contributed by atoms with E-state index in [1.807, 2.05) is 17.9 Å². The van der Waals surface area contributed by atoms with Crippen molar-refractivity contribution in [1.29, 1.82) is 0 Å². The van der Waals surface area contributed by atoms with Gasteiger partial charge in [-0.25, -0.2) is 0 Å². The number of hydrogen-bond donors (Lipinski definition) is 1. The van der Waals surface area contributed by atoms with Crippen LogP contribution in [0, 0.1) is 0 Å². The molecule has 4 heteroatoms. The summed E-state index contributed by atoms with van der Waals surface area (Å²) in [6.45, 7) is 6.45. The van der Waals surface area contributed by atoms with Crippen LogP contribution in [0.2, 0.25) is 0 Å². The molecule has 16 heavy (non-hydrogen) atoms. The Bertz CT molecular complexity index is 336. The van der Waals surface area contributed by atoms with Crippen LogP contribution in [0.1, 0.15) is 32.4 Å². The molecule has 0 fully saturated rings. The van der Waals surface area contributed by atoms with Crippen molar-refractivity contribution in [3.8, 4) is 0 Å².